The Morgan fingerprint density at radius 1 is 1.89 bits per heavy atom. The van der Waals surface area contributed by atoms with E-state index in [1.54, 1.807) is 13.1 Å². The van der Waals surface area contributed by atoms with Gasteiger partial charge in [0.05, 0.1) is 6.26 Å². The third-order valence-electron chi connectivity index (χ3n) is 0.587. The van der Waals surface area contributed by atoms with Crippen molar-refractivity contribution in [3.8, 4) is 0 Å². The lowest BCUT2D eigenvalue weighted by Crippen LogP contribution is -2.04. The van der Waals surface area contributed by atoms with Crippen molar-refractivity contribution in [3.63, 3.8) is 0 Å². The monoisotopic (exact) mass is 131 g/mol. The predicted molar refractivity (Wildman–Crippen MR) is 32.2 cm³/mol. The van der Waals surface area contributed by atoms with E-state index in [4.69, 9.17) is 5.11 Å². The Balaban J connectivity index is 3.14. The Bertz CT molecular complexity index is 111. The fraction of sp³-hybridized carbons (Fsp3) is 0.400. The summed E-state index contributed by atoms with van der Waals surface area (Å²) >= 11 is 0. The van der Waals surface area contributed by atoms with Crippen LogP contribution >= 0.6 is 0 Å². The molecule has 2 N–H and O–H groups in total. The molecule has 0 heterocycles. The maximum absolute atomic E-state index is 9.67. The van der Waals surface area contributed by atoms with Crippen molar-refractivity contribution in [3.05, 3.63) is 12.3 Å². The number of hydrogen-bond donors (Lipinski definition) is 2. The van der Waals surface area contributed by atoms with E-state index in [0.29, 0.717) is 6.54 Å². The van der Waals surface area contributed by atoms with E-state index >= 15 is 0 Å². The van der Waals surface area contributed by atoms with Crippen molar-refractivity contribution in [2.45, 2.75) is 0 Å². The van der Waals surface area contributed by atoms with Crippen LogP contribution in [0.3, 0.4) is 0 Å². The Morgan fingerprint density at radius 3 is 3.00 bits per heavy atom. The van der Waals surface area contributed by atoms with E-state index in [0.717, 1.165) is 6.26 Å². The lowest BCUT2D eigenvalue weighted by atomic mass is 10.6. The van der Waals surface area contributed by atoms with Crippen LogP contribution in [-0.2, 0) is 4.74 Å². The Morgan fingerprint density at radius 2 is 2.56 bits per heavy atom. The average Bonchev–Trinajstić information content (AvgIpc) is 1.80. The highest BCUT2D eigenvalue weighted by Crippen LogP contribution is 1.76. The molecule has 0 saturated heterocycles. The predicted octanol–water partition coefficient (Wildman–Crippen LogP) is 0.414. The van der Waals surface area contributed by atoms with Crippen LogP contribution < -0.4 is 5.32 Å². The molecule has 0 unspecified atom stereocenters. The number of carbonyl (C=O) groups is 1. The van der Waals surface area contributed by atoms with Gasteiger partial charge in [-0.05, 0) is 13.1 Å². The van der Waals surface area contributed by atoms with Crippen LogP contribution in [0.5, 0.6) is 0 Å². The molecule has 0 aliphatic heterocycles. The fourth-order valence-corrected chi connectivity index (χ4v) is 0.272. The van der Waals surface area contributed by atoms with Gasteiger partial charge in [0.25, 0.3) is 0 Å². The van der Waals surface area contributed by atoms with Gasteiger partial charge in [-0.3, -0.25) is 0 Å². The van der Waals surface area contributed by atoms with E-state index in [1.807, 2.05) is 0 Å². The number of rotatable bonds is 3. The molecule has 52 valence electrons. The van der Waals surface area contributed by atoms with Crippen LogP contribution in [0.4, 0.5) is 4.79 Å². The average molecular weight is 131 g/mol. The topological polar surface area (TPSA) is 58.6 Å². The zero-order valence-corrected chi connectivity index (χ0v) is 5.13. The molecule has 0 bridgehead atoms. The van der Waals surface area contributed by atoms with Crippen LogP contribution in [0, 0.1) is 0 Å². The van der Waals surface area contributed by atoms with Gasteiger partial charge >= 0.3 is 6.16 Å². The normalized spacial score (nSPS) is 9.89. The summed E-state index contributed by atoms with van der Waals surface area (Å²) < 4.78 is 4.04. The lowest BCUT2D eigenvalue weighted by molar-refractivity contribution is 0.128. The van der Waals surface area contributed by atoms with Gasteiger partial charge in [0.2, 0.25) is 0 Å². The summed E-state index contributed by atoms with van der Waals surface area (Å²) in [7, 11) is 1.76. The van der Waals surface area contributed by atoms with Gasteiger partial charge in [-0.1, -0.05) is 0 Å². The molecular weight excluding hydrogens is 122 g/mol. The highest BCUT2D eigenvalue weighted by atomic mass is 16.7. The van der Waals surface area contributed by atoms with Crippen LogP contribution in [0.1, 0.15) is 0 Å². The zero-order chi connectivity index (χ0) is 7.11. The van der Waals surface area contributed by atoms with Gasteiger partial charge in [-0.15, -0.1) is 0 Å². The molecule has 0 aromatic rings. The van der Waals surface area contributed by atoms with E-state index in [-0.39, 0.29) is 0 Å². The summed E-state index contributed by atoms with van der Waals surface area (Å²) in [5, 5.41) is 10.7. The number of likely N-dealkylation sites (N-methyl/N-ethyl adjacent to an activating group) is 1. The van der Waals surface area contributed by atoms with Crippen molar-refractivity contribution in [1.29, 1.82) is 0 Å². The van der Waals surface area contributed by atoms with Crippen LogP contribution in [0.15, 0.2) is 12.3 Å². The Kier molecular flexibility index (Phi) is 4.53. The van der Waals surface area contributed by atoms with Gasteiger partial charge in [0.1, 0.15) is 0 Å². The first kappa shape index (κ1) is 7.97. The first-order chi connectivity index (χ1) is 4.27. The van der Waals surface area contributed by atoms with Gasteiger partial charge in [-0.25, -0.2) is 4.79 Å². The van der Waals surface area contributed by atoms with Crippen molar-refractivity contribution in [2.75, 3.05) is 13.6 Å². The molecule has 0 spiro atoms. The summed E-state index contributed by atoms with van der Waals surface area (Å²) in [5.41, 5.74) is 0. The third-order valence-corrected chi connectivity index (χ3v) is 0.587. The molecule has 0 rings (SSSR count). The summed E-state index contributed by atoms with van der Waals surface area (Å²) in [6, 6.07) is 0. The molecule has 0 radical (unpaired) electrons. The van der Waals surface area contributed by atoms with E-state index in [9.17, 15) is 4.79 Å². The quantitative estimate of drug-likeness (QED) is 0.430. The maximum Gasteiger partial charge on any atom is 0.510 e. The second-order valence-electron chi connectivity index (χ2n) is 1.31. The molecule has 4 heteroatoms. The molecule has 9 heavy (non-hydrogen) atoms. The van der Waals surface area contributed by atoms with Crippen LogP contribution in [0.25, 0.3) is 0 Å². The van der Waals surface area contributed by atoms with E-state index < -0.39 is 6.16 Å². The number of nitrogens with one attached hydrogen (secondary N) is 1. The summed E-state index contributed by atoms with van der Waals surface area (Å²) in [4.78, 5) is 9.67. The van der Waals surface area contributed by atoms with Crippen molar-refractivity contribution >= 4 is 6.16 Å². The van der Waals surface area contributed by atoms with Crippen LogP contribution in [0.2, 0.25) is 0 Å². The molecule has 0 aromatic heterocycles. The number of ether oxygens (including phenoxy) is 1. The molecule has 4 nitrogen and oxygen atoms in total. The maximum atomic E-state index is 9.67. The molecule has 0 saturated carbocycles. The second-order valence-corrected chi connectivity index (χ2v) is 1.31. The SMILES string of the molecule is CNC/C=C/OC(=O)O. The third kappa shape index (κ3) is 6.97. The highest BCUT2D eigenvalue weighted by molar-refractivity contribution is 5.57. The standard InChI is InChI=1S/C5H9NO3/c1-6-3-2-4-9-5(7)8/h2,4,6H,3H2,1H3,(H,7,8)/b4-2+. The smallest absolute Gasteiger partial charge is 0.449 e. The first-order valence-corrected chi connectivity index (χ1v) is 2.46. The molecular formula is C5H9NO3. The lowest BCUT2D eigenvalue weighted by Gasteiger charge is -1.88. The minimum atomic E-state index is -1.29. The van der Waals surface area contributed by atoms with Crippen molar-refractivity contribution in [2.24, 2.45) is 0 Å². The molecule has 0 aliphatic rings. The molecule has 0 fully saturated rings. The zero-order valence-electron chi connectivity index (χ0n) is 5.13. The first-order valence-electron chi connectivity index (χ1n) is 2.46. The molecule has 0 aliphatic carbocycles. The minimum Gasteiger partial charge on any atom is -0.449 e. The van der Waals surface area contributed by atoms with Gasteiger partial charge in [-0.2, -0.15) is 0 Å². The van der Waals surface area contributed by atoms with Crippen molar-refractivity contribution < 1.29 is 14.6 Å². The molecule has 0 aromatic carbocycles. The van der Waals surface area contributed by atoms with E-state index in [2.05, 4.69) is 10.1 Å². The second kappa shape index (κ2) is 5.11. The fourth-order valence-electron chi connectivity index (χ4n) is 0.272. The van der Waals surface area contributed by atoms with Gasteiger partial charge in [0.15, 0.2) is 0 Å². The summed E-state index contributed by atoms with van der Waals surface area (Å²) in [6.45, 7) is 0.604. The highest BCUT2D eigenvalue weighted by Gasteiger charge is 1.86. The summed E-state index contributed by atoms with van der Waals surface area (Å²) in [6.07, 6.45) is 1.40. The van der Waals surface area contributed by atoms with Gasteiger partial charge in [0, 0.05) is 6.54 Å². The summed E-state index contributed by atoms with van der Waals surface area (Å²) in [5.74, 6) is 0. The Labute approximate surface area is 53.1 Å². The van der Waals surface area contributed by atoms with Crippen molar-refractivity contribution in [1.82, 2.24) is 5.32 Å². The van der Waals surface area contributed by atoms with E-state index in [1.165, 1.54) is 0 Å². The number of carboxylic acid groups (broad SMARTS) is 1. The van der Waals surface area contributed by atoms with Gasteiger partial charge < -0.3 is 15.2 Å². The molecule has 0 atom stereocenters. The van der Waals surface area contributed by atoms with Crippen LogP contribution in [-0.4, -0.2) is 24.9 Å². The largest absolute Gasteiger partial charge is 0.510 e. The number of hydrogen-bond acceptors (Lipinski definition) is 3. The minimum absolute atomic E-state index is 0.604. The Hall–Kier alpha value is -1.03. The molecule has 0 amide bonds.